The highest BCUT2D eigenvalue weighted by molar-refractivity contribution is 5.95. The second-order valence-electron chi connectivity index (χ2n) is 5.64. The molecular formula is C20H25NO4. The fraction of sp³-hybridized carbons (Fsp3) is 0.350. The smallest absolute Gasteiger partial charge is 0.252 e. The van der Waals surface area contributed by atoms with E-state index in [4.69, 9.17) is 14.2 Å². The van der Waals surface area contributed by atoms with E-state index in [1.807, 2.05) is 30.3 Å². The van der Waals surface area contributed by atoms with Crippen molar-refractivity contribution in [1.82, 2.24) is 5.32 Å². The minimum absolute atomic E-state index is 0.0437. The van der Waals surface area contributed by atoms with Gasteiger partial charge in [0.2, 0.25) is 5.75 Å². The third-order valence-electron chi connectivity index (χ3n) is 4.01. The summed E-state index contributed by atoms with van der Waals surface area (Å²) in [6.45, 7) is 2.10. The highest BCUT2D eigenvalue weighted by Crippen LogP contribution is 2.38. The molecule has 0 spiro atoms. The van der Waals surface area contributed by atoms with E-state index >= 15 is 0 Å². The molecule has 0 aliphatic rings. The maximum Gasteiger partial charge on any atom is 0.252 e. The normalized spacial score (nSPS) is 11.5. The van der Waals surface area contributed by atoms with Crippen LogP contribution in [-0.4, -0.2) is 27.2 Å². The SMILES string of the molecule is CCCC(NC(=O)c1cc(OC)c(OC)c(OC)c1)c1ccccc1. The van der Waals surface area contributed by atoms with Gasteiger partial charge in [-0.3, -0.25) is 4.79 Å². The van der Waals surface area contributed by atoms with Crippen molar-refractivity contribution in [3.05, 3.63) is 53.6 Å². The summed E-state index contributed by atoms with van der Waals surface area (Å²) in [7, 11) is 4.60. The first-order valence-electron chi connectivity index (χ1n) is 8.30. The van der Waals surface area contributed by atoms with E-state index in [9.17, 15) is 4.79 Å². The van der Waals surface area contributed by atoms with Gasteiger partial charge in [-0.05, 0) is 24.1 Å². The maximum atomic E-state index is 12.8. The lowest BCUT2D eigenvalue weighted by molar-refractivity contribution is 0.0933. The lowest BCUT2D eigenvalue weighted by Gasteiger charge is -2.20. The first kappa shape index (κ1) is 18.6. The van der Waals surface area contributed by atoms with Crippen LogP contribution in [0.5, 0.6) is 17.2 Å². The van der Waals surface area contributed by atoms with Gasteiger partial charge in [0, 0.05) is 5.56 Å². The van der Waals surface area contributed by atoms with Crippen molar-refractivity contribution in [1.29, 1.82) is 0 Å². The Morgan fingerprint density at radius 1 is 1.00 bits per heavy atom. The monoisotopic (exact) mass is 343 g/mol. The van der Waals surface area contributed by atoms with Gasteiger partial charge >= 0.3 is 0 Å². The Kier molecular flexibility index (Phi) is 6.69. The molecule has 5 heteroatoms. The molecule has 0 aliphatic heterocycles. The second kappa shape index (κ2) is 8.97. The summed E-state index contributed by atoms with van der Waals surface area (Å²) in [6.07, 6.45) is 1.83. The van der Waals surface area contributed by atoms with Crippen LogP contribution in [0.25, 0.3) is 0 Å². The van der Waals surface area contributed by atoms with Crippen LogP contribution in [0.3, 0.4) is 0 Å². The molecule has 0 radical (unpaired) electrons. The summed E-state index contributed by atoms with van der Waals surface area (Å²) in [4.78, 5) is 12.8. The molecule has 1 N–H and O–H groups in total. The Labute approximate surface area is 148 Å². The molecule has 0 saturated heterocycles. The number of hydrogen-bond acceptors (Lipinski definition) is 4. The molecule has 1 atom stereocenters. The zero-order chi connectivity index (χ0) is 18.2. The van der Waals surface area contributed by atoms with Crippen LogP contribution in [0.15, 0.2) is 42.5 Å². The predicted octanol–water partition coefficient (Wildman–Crippen LogP) is 3.98. The van der Waals surface area contributed by atoms with E-state index in [1.54, 1.807) is 12.1 Å². The molecule has 25 heavy (non-hydrogen) atoms. The molecule has 0 aromatic heterocycles. The molecule has 2 aromatic carbocycles. The van der Waals surface area contributed by atoms with Gasteiger partial charge < -0.3 is 19.5 Å². The standard InChI is InChI=1S/C20H25NO4/c1-5-9-16(14-10-7-6-8-11-14)21-20(22)15-12-17(23-2)19(25-4)18(13-15)24-3/h6-8,10-13,16H,5,9H2,1-4H3,(H,21,22). The second-order valence-corrected chi connectivity index (χ2v) is 5.64. The quantitative estimate of drug-likeness (QED) is 0.787. The summed E-state index contributed by atoms with van der Waals surface area (Å²) < 4.78 is 15.9. The van der Waals surface area contributed by atoms with Gasteiger partial charge in [-0.15, -0.1) is 0 Å². The molecule has 5 nitrogen and oxygen atoms in total. The maximum absolute atomic E-state index is 12.8. The van der Waals surface area contributed by atoms with E-state index in [1.165, 1.54) is 21.3 Å². The van der Waals surface area contributed by atoms with E-state index in [2.05, 4.69) is 12.2 Å². The summed E-state index contributed by atoms with van der Waals surface area (Å²) >= 11 is 0. The number of nitrogens with one attached hydrogen (secondary N) is 1. The Bertz CT molecular complexity index is 675. The number of hydrogen-bond donors (Lipinski definition) is 1. The number of benzene rings is 2. The number of amides is 1. The molecule has 0 bridgehead atoms. The molecule has 0 aliphatic carbocycles. The van der Waals surface area contributed by atoms with Crippen molar-refractivity contribution >= 4 is 5.91 Å². The number of methoxy groups -OCH3 is 3. The van der Waals surface area contributed by atoms with Crippen LogP contribution in [0.4, 0.5) is 0 Å². The average molecular weight is 343 g/mol. The van der Waals surface area contributed by atoms with Crippen LogP contribution in [-0.2, 0) is 0 Å². The van der Waals surface area contributed by atoms with Gasteiger partial charge in [0.25, 0.3) is 5.91 Å². The largest absolute Gasteiger partial charge is 0.493 e. The molecule has 0 saturated carbocycles. The molecule has 2 rings (SSSR count). The molecule has 1 unspecified atom stereocenters. The number of carbonyl (C=O) groups is 1. The summed E-state index contributed by atoms with van der Waals surface area (Å²) in [5.74, 6) is 1.20. The Hall–Kier alpha value is -2.69. The van der Waals surface area contributed by atoms with Crippen molar-refractivity contribution in [2.45, 2.75) is 25.8 Å². The lowest BCUT2D eigenvalue weighted by Crippen LogP contribution is -2.28. The highest BCUT2D eigenvalue weighted by atomic mass is 16.5. The number of rotatable bonds is 8. The van der Waals surface area contributed by atoms with E-state index in [0.717, 1.165) is 18.4 Å². The number of ether oxygens (including phenoxy) is 3. The van der Waals surface area contributed by atoms with Crippen molar-refractivity contribution < 1.29 is 19.0 Å². The summed E-state index contributed by atoms with van der Waals surface area (Å²) in [6, 6.07) is 13.2. The minimum Gasteiger partial charge on any atom is -0.493 e. The molecule has 0 fully saturated rings. The summed E-state index contributed by atoms with van der Waals surface area (Å²) in [5, 5.41) is 3.10. The third-order valence-corrected chi connectivity index (χ3v) is 4.01. The highest BCUT2D eigenvalue weighted by Gasteiger charge is 2.19. The molecule has 2 aromatic rings. The van der Waals surface area contributed by atoms with E-state index < -0.39 is 0 Å². The van der Waals surface area contributed by atoms with Crippen LogP contribution in [0.1, 0.15) is 41.7 Å². The lowest BCUT2D eigenvalue weighted by atomic mass is 10.0. The van der Waals surface area contributed by atoms with Crippen LogP contribution in [0, 0.1) is 0 Å². The van der Waals surface area contributed by atoms with Gasteiger partial charge in [0.1, 0.15) is 0 Å². The Morgan fingerprint density at radius 2 is 1.60 bits per heavy atom. The Morgan fingerprint density at radius 3 is 2.08 bits per heavy atom. The van der Waals surface area contributed by atoms with Crippen molar-refractivity contribution in [2.24, 2.45) is 0 Å². The van der Waals surface area contributed by atoms with Crippen LogP contribution in [0.2, 0.25) is 0 Å². The predicted molar refractivity (Wildman–Crippen MR) is 97.7 cm³/mol. The first-order valence-corrected chi connectivity index (χ1v) is 8.30. The zero-order valence-electron chi connectivity index (χ0n) is 15.2. The fourth-order valence-corrected chi connectivity index (χ4v) is 2.75. The number of carbonyl (C=O) groups excluding carboxylic acids is 1. The van der Waals surface area contributed by atoms with Crippen LogP contribution >= 0.6 is 0 Å². The zero-order valence-corrected chi connectivity index (χ0v) is 15.2. The van der Waals surface area contributed by atoms with Crippen molar-refractivity contribution in [3.8, 4) is 17.2 Å². The van der Waals surface area contributed by atoms with Gasteiger partial charge in [0.05, 0.1) is 27.4 Å². The van der Waals surface area contributed by atoms with E-state index in [0.29, 0.717) is 22.8 Å². The minimum atomic E-state index is -0.179. The topological polar surface area (TPSA) is 56.8 Å². The third kappa shape index (κ3) is 4.44. The molecular weight excluding hydrogens is 318 g/mol. The molecule has 134 valence electrons. The van der Waals surface area contributed by atoms with Crippen molar-refractivity contribution in [2.75, 3.05) is 21.3 Å². The molecule has 0 heterocycles. The fourth-order valence-electron chi connectivity index (χ4n) is 2.75. The van der Waals surface area contributed by atoms with Gasteiger partial charge in [-0.2, -0.15) is 0 Å². The van der Waals surface area contributed by atoms with Gasteiger partial charge in [0.15, 0.2) is 11.5 Å². The average Bonchev–Trinajstić information content (AvgIpc) is 2.66. The molecule has 1 amide bonds. The Balaban J connectivity index is 2.29. The van der Waals surface area contributed by atoms with E-state index in [-0.39, 0.29) is 11.9 Å². The van der Waals surface area contributed by atoms with Crippen molar-refractivity contribution in [3.63, 3.8) is 0 Å². The first-order chi connectivity index (χ1) is 12.1. The van der Waals surface area contributed by atoms with Crippen LogP contribution < -0.4 is 19.5 Å². The summed E-state index contributed by atoms with van der Waals surface area (Å²) in [5.41, 5.74) is 1.55. The van der Waals surface area contributed by atoms with Gasteiger partial charge in [-0.25, -0.2) is 0 Å². The van der Waals surface area contributed by atoms with Gasteiger partial charge in [-0.1, -0.05) is 43.7 Å².